The predicted molar refractivity (Wildman–Crippen MR) is 128 cm³/mol. The standard InChI is InChI=1S/C28H16BN/c1-2-9-18-17(8-1)16-23-19-10-3-5-14-24(19)29-27(23)26(18)22-13-7-12-21-20-11-4-6-15-25(20)30(29)28(21)22/h1-16H. The van der Waals surface area contributed by atoms with Gasteiger partial charge in [-0.05, 0) is 50.5 Å². The first kappa shape index (κ1) is 15.1. The Hall–Kier alpha value is -3.78. The summed E-state index contributed by atoms with van der Waals surface area (Å²) in [5, 5.41) is 5.38. The van der Waals surface area contributed by atoms with E-state index in [2.05, 4.69) is 102 Å². The van der Waals surface area contributed by atoms with Crippen LogP contribution in [0.1, 0.15) is 0 Å². The van der Waals surface area contributed by atoms with Crippen LogP contribution in [0.2, 0.25) is 0 Å². The molecule has 2 aliphatic heterocycles. The smallest absolute Gasteiger partial charge is 0.330 e. The average Bonchev–Trinajstić information content (AvgIpc) is 3.31. The maximum absolute atomic E-state index is 2.60. The lowest BCUT2D eigenvalue weighted by atomic mass is 9.50. The summed E-state index contributed by atoms with van der Waals surface area (Å²) in [5.74, 6) is 0. The summed E-state index contributed by atoms with van der Waals surface area (Å²) < 4.78 is 2.60. The van der Waals surface area contributed by atoms with Gasteiger partial charge in [-0.15, -0.1) is 0 Å². The molecule has 0 radical (unpaired) electrons. The minimum Gasteiger partial charge on any atom is -0.375 e. The van der Waals surface area contributed by atoms with Crippen LogP contribution in [0.4, 0.5) is 0 Å². The number of nitrogens with zero attached hydrogens (tertiary/aromatic N) is 1. The van der Waals surface area contributed by atoms with Crippen molar-refractivity contribution in [3.63, 3.8) is 0 Å². The van der Waals surface area contributed by atoms with Gasteiger partial charge in [0.1, 0.15) is 0 Å². The third-order valence-corrected chi connectivity index (χ3v) is 7.17. The molecule has 0 spiro atoms. The second-order valence-corrected chi connectivity index (χ2v) is 8.51. The van der Waals surface area contributed by atoms with Crippen molar-refractivity contribution in [3.05, 3.63) is 97.1 Å². The number of benzene rings is 5. The van der Waals surface area contributed by atoms with Crippen molar-refractivity contribution >= 4 is 50.4 Å². The first-order valence-corrected chi connectivity index (χ1v) is 10.6. The van der Waals surface area contributed by atoms with Gasteiger partial charge in [-0.3, -0.25) is 0 Å². The summed E-state index contributed by atoms with van der Waals surface area (Å²) in [6, 6.07) is 36.0. The summed E-state index contributed by atoms with van der Waals surface area (Å²) in [6.07, 6.45) is 0. The fourth-order valence-electron chi connectivity index (χ4n) is 6.09. The zero-order chi connectivity index (χ0) is 19.4. The number of fused-ring (bicyclic) bond motifs is 10. The number of hydrogen-bond donors (Lipinski definition) is 0. The first-order chi connectivity index (χ1) is 14.9. The summed E-state index contributed by atoms with van der Waals surface area (Å²) in [4.78, 5) is 0. The molecule has 0 aliphatic carbocycles. The molecule has 0 N–H and O–H groups in total. The van der Waals surface area contributed by atoms with E-state index in [0.29, 0.717) is 0 Å². The fraction of sp³-hybridized carbons (Fsp3) is 0. The third-order valence-electron chi connectivity index (χ3n) is 7.17. The lowest BCUT2D eigenvalue weighted by Crippen LogP contribution is -2.47. The van der Waals surface area contributed by atoms with Crippen LogP contribution < -0.4 is 10.9 Å². The van der Waals surface area contributed by atoms with Gasteiger partial charge in [-0.2, -0.15) is 0 Å². The highest BCUT2D eigenvalue weighted by Gasteiger charge is 2.42. The number of aromatic nitrogens is 1. The van der Waals surface area contributed by atoms with Crippen LogP contribution in [0.25, 0.3) is 54.8 Å². The molecule has 6 aromatic rings. The SMILES string of the molecule is c1ccc2c(c1)B1c3c-2cc2ccccc2c3-c2cccc3c4ccccc4n1c23. The topological polar surface area (TPSA) is 4.93 Å². The maximum atomic E-state index is 2.60. The molecule has 0 saturated heterocycles. The molecule has 0 fully saturated rings. The van der Waals surface area contributed by atoms with Crippen LogP contribution in [0.5, 0.6) is 0 Å². The van der Waals surface area contributed by atoms with E-state index in [1.54, 1.807) is 0 Å². The van der Waals surface area contributed by atoms with Gasteiger partial charge in [0.2, 0.25) is 0 Å². The average molecular weight is 377 g/mol. The van der Waals surface area contributed by atoms with Gasteiger partial charge in [0.25, 0.3) is 0 Å². The highest BCUT2D eigenvalue weighted by molar-refractivity contribution is 6.91. The molecule has 0 unspecified atom stereocenters. The van der Waals surface area contributed by atoms with E-state index in [1.807, 2.05) is 0 Å². The Bertz CT molecular complexity index is 1710. The Morgan fingerprint density at radius 3 is 2.27 bits per heavy atom. The van der Waals surface area contributed by atoms with E-state index in [4.69, 9.17) is 0 Å². The third kappa shape index (κ3) is 1.57. The van der Waals surface area contributed by atoms with Gasteiger partial charge in [0, 0.05) is 27.4 Å². The quantitative estimate of drug-likeness (QED) is 0.305. The summed E-state index contributed by atoms with van der Waals surface area (Å²) in [6.45, 7) is 0.230. The molecule has 8 rings (SSSR count). The Morgan fingerprint density at radius 1 is 0.567 bits per heavy atom. The zero-order valence-corrected chi connectivity index (χ0v) is 16.3. The summed E-state index contributed by atoms with van der Waals surface area (Å²) >= 11 is 0. The molecule has 2 heteroatoms. The van der Waals surface area contributed by atoms with Crippen molar-refractivity contribution in [2.24, 2.45) is 0 Å². The van der Waals surface area contributed by atoms with Gasteiger partial charge in [0.05, 0.1) is 0 Å². The molecule has 136 valence electrons. The molecular formula is C28H16BN. The van der Waals surface area contributed by atoms with Crippen LogP contribution in [0.15, 0.2) is 97.1 Å². The van der Waals surface area contributed by atoms with Crippen LogP contribution in [-0.2, 0) is 0 Å². The number of rotatable bonds is 0. The normalized spacial score (nSPS) is 13.3. The molecular weight excluding hydrogens is 361 g/mol. The number of para-hydroxylation sites is 2. The largest absolute Gasteiger partial charge is 0.375 e. The monoisotopic (exact) mass is 377 g/mol. The molecule has 1 aromatic heterocycles. The molecule has 0 saturated carbocycles. The second-order valence-electron chi connectivity index (χ2n) is 8.51. The second kappa shape index (κ2) is 5.03. The summed E-state index contributed by atoms with van der Waals surface area (Å²) in [5.41, 5.74) is 11.1. The van der Waals surface area contributed by atoms with Crippen LogP contribution in [0.3, 0.4) is 0 Å². The van der Waals surface area contributed by atoms with Crippen molar-refractivity contribution < 1.29 is 0 Å². The molecule has 30 heavy (non-hydrogen) atoms. The van der Waals surface area contributed by atoms with Crippen LogP contribution in [0, 0.1) is 0 Å². The van der Waals surface area contributed by atoms with Crippen LogP contribution in [-0.4, -0.2) is 11.3 Å². The Balaban J connectivity index is 1.72. The van der Waals surface area contributed by atoms with Crippen LogP contribution >= 0.6 is 0 Å². The highest BCUT2D eigenvalue weighted by atomic mass is 14.9. The molecule has 0 atom stereocenters. The molecule has 3 heterocycles. The Morgan fingerprint density at radius 2 is 1.30 bits per heavy atom. The molecule has 0 bridgehead atoms. The number of hydrogen-bond acceptors (Lipinski definition) is 0. The van der Waals surface area contributed by atoms with Gasteiger partial charge in [-0.1, -0.05) is 84.9 Å². The van der Waals surface area contributed by atoms with E-state index in [9.17, 15) is 0 Å². The molecule has 0 amide bonds. The maximum Gasteiger partial charge on any atom is 0.330 e. The van der Waals surface area contributed by atoms with E-state index < -0.39 is 0 Å². The van der Waals surface area contributed by atoms with Gasteiger partial charge >= 0.3 is 6.85 Å². The lowest BCUT2D eigenvalue weighted by Gasteiger charge is -2.26. The van der Waals surface area contributed by atoms with Crippen molar-refractivity contribution in [1.29, 1.82) is 0 Å². The van der Waals surface area contributed by atoms with E-state index in [1.165, 1.54) is 65.8 Å². The fourth-order valence-corrected chi connectivity index (χ4v) is 6.09. The molecule has 5 aromatic carbocycles. The van der Waals surface area contributed by atoms with E-state index in [0.717, 1.165) is 0 Å². The van der Waals surface area contributed by atoms with E-state index in [-0.39, 0.29) is 6.85 Å². The Labute approximate surface area is 174 Å². The highest BCUT2D eigenvalue weighted by Crippen LogP contribution is 2.44. The van der Waals surface area contributed by atoms with Gasteiger partial charge in [0.15, 0.2) is 0 Å². The first-order valence-electron chi connectivity index (χ1n) is 10.6. The molecule has 1 nitrogen and oxygen atoms in total. The predicted octanol–water partition coefficient (Wildman–Crippen LogP) is 5.56. The van der Waals surface area contributed by atoms with Crippen molar-refractivity contribution in [2.75, 3.05) is 0 Å². The minimum atomic E-state index is 0.230. The Kier molecular flexibility index (Phi) is 2.54. The zero-order valence-electron chi connectivity index (χ0n) is 16.3. The van der Waals surface area contributed by atoms with Crippen molar-refractivity contribution in [2.45, 2.75) is 0 Å². The van der Waals surface area contributed by atoms with Crippen molar-refractivity contribution in [1.82, 2.24) is 4.48 Å². The van der Waals surface area contributed by atoms with Gasteiger partial charge < -0.3 is 4.48 Å². The van der Waals surface area contributed by atoms with Gasteiger partial charge in [-0.25, -0.2) is 0 Å². The van der Waals surface area contributed by atoms with Crippen molar-refractivity contribution in [3.8, 4) is 22.3 Å². The minimum absolute atomic E-state index is 0.230. The summed E-state index contributed by atoms with van der Waals surface area (Å²) in [7, 11) is 0. The molecule has 2 aliphatic rings. The lowest BCUT2D eigenvalue weighted by molar-refractivity contribution is 1.34. The van der Waals surface area contributed by atoms with E-state index >= 15 is 0 Å².